The number of piperidine rings is 1. The Balaban J connectivity index is 2.22. The Bertz CT molecular complexity index is 552. The van der Waals surface area contributed by atoms with Crippen LogP contribution in [-0.2, 0) is 4.74 Å². The van der Waals surface area contributed by atoms with Crippen LogP contribution in [0.5, 0.6) is 0 Å². The first-order valence-corrected chi connectivity index (χ1v) is 8.96. The van der Waals surface area contributed by atoms with Gasteiger partial charge in [0.25, 0.3) is 0 Å². The van der Waals surface area contributed by atoms with Crippen molar-refractivity contribution in [1.82, 2.24) is 9.88 Å². The molecule has 1 N–H and O–H groups in total. The Kier molecular flexibility index (Phi) is 6.08. The summed E-state index contributed by atoms with van der Waals surface area (Å²) in [6.45, 7) is 11.7. The van der Waals surface area contributed by atoms with Gasteiger partial charge < -0.3 is 15.0 Å². The van der Waals surface area contributed by atoms with Crippen molar-refractivity contribution in [3.8, 4) is 0 Å². The number of rotatable bonds is 4. The fourth-order valence-corrected chi connectivity index (χ4v) is 2.93. The monoisotopic (exact) mass is 333 g/mol. The van der Waals surface area contributed by atoms with Gasteiger partial charge in [-0.25, -0.2) is 9.78 Å². The van der Waals surface area contributed by atoms with E-state index >= 15 is 0 Å². The van der Waals surface area contributed by atoms with Crippen molar-refractivity contribution in [3.05, 3.63) is 23.9 Å². The van der Waals surface area contributed by atoms with Crippen LogP contribution in [0.4, 0.5) is 10.6 Å². The van der Waals surface area contributed by atoms with Gasteiger partial charge in [0.05, 0.1) is 6.04 Å². The highest BCUT2D eigenvalue weighted by Crippen LogP contribution is 2.35. The summed E-state index contributed by atoms with van der Waals surface area (Å²) in [5, 5.41) is 3.43. The molecule has 134 valence electrons. The van der Waals surface area contributed by atoms with Gasteiger partial charge in [0.2, 0.25) is 0 Å². The van der Waals surface area contributed by atoms with Crippen LogP contribution in [0.15, 0.2) is 18.3 Å². The van der Waals surface area contributed by atoms with Crippen LogP contribution in [0, 0.1) is 5.92 Å². The molecule has 1 unspecified atom stereocenters. The molecule has 1 aliphatic rings. The molecule has 5 heteroatoms. The largest absolute Gasteiger partial charge is 0.444 e. The van der Waals surface area contributed by atoms with Gasteiger partial charge in [0.1, 0.15) is 11.4 Å². The van der Waals surface area contributed by atoms with E-state index in [1.54, 1.807) is 6.20 Å². The summed E-state index contributed by atoms with van der Waals surface area (Å²) in [6, 6.07) is 4.04. The van der Waals surface area contributed by atoms with Crippen LogP contribution in [-0.4, -0.2) is 34.7 Å². The van der Waals surface area contributed by atoms with E-state index in [1.165, 1.54) is 0 Å². The number of hydrogen-bond donors (Lipinski definition) is 1. The van der Waals surface area contributed by atoms with Gasteiger partial charge in [-0.2, -0.15) is 0 Å². The Morgan fingerprint density at radius 1 is 1.42 bits per heavy atom. The molecule has 0 spiro atoms. The summed E-state index contributed by atoms with van der Waals surface area (Å²) in [4.78, 5) is 19.0. The number of hydrogen-bond acceptors (Lipinski definition) is 4. The smallest absolute Gasteiger partial charge is 0.410 e. The van der Waals surface area contributed by atoms with E-state index in [1.807, 2.05) is 31.7 Å². The number of nitrogens with zero attached hydrogens (tertiary/aromatic N) is 2. The topological polar surface area (TPSA) is 54.5 Å². The predicted octanol–water partition coefficient (Wildman–Crippen LogP) is 4.61. The maximum Gasteiger partial charge on any atom is 0.410 e. The maximum absolute atomic E-state index is 12.6. The third kappa shape index (κ3) is 5.11. The lowest BCUT2D eigenvalue weighted by Crippen LogP contribution is -2.42. The molecule has 1 fully saturated rings. The quantitative estimate of drug-likeness (QED) is 0.874. The number of amides is 1. The second-order valence-corrected chi connectivity index (χ2v) is 7.90. The van der Waals surface area contributed by atoms with E-state index in [4.69, 9.17) is 4.74 Å². The van der Waals surface area contributed by atoms with Gasteiger partial charge in [-0.15, -0.1) is 0 Å². The van der Waals surface area contributed by atoms with Gasteiger partial charge >= 0.3 is 6.09 Å². The van der Waals surface area contributed by atoms with Crippen LogP contribution < -0.4 is 5.32 Å². The first-order chi connectivity index (χ1) is 11.3. The molecule has 0 aromatic carbocycles. The third-order valence-corrected chi connectivity index (χ3v) is 4.01. The number of nitrogens with one attached hydrogen (secondary N) is 1. The highest BCUT2D eigenvalue weighted by molar-refractivity contribution is 5.69. The molecule has 0 radical (unpaired) electrons. The molecular weight excluding hydrogens is 302 g/mol. The number of likely N-dealkylation sites (tertiary alicyclic amines) is 1. The SMILES string of the molecule is CC(C)CNc1ncccc1C1CCCCN1C(=O)OC(C)(C)C. The highest BCUT2D eigenvalue weighted by Gasteiger charge is 2.32. The van der Waals surface area contributed by atoms with Gasteiger partial charge in [0, 0.05) is 24.8 Å². The number of anilines is 1. The molecule has 1 aromatic heterocycles. The van der Waals surface area contributed by atoms with E-state index in [0.717, 1.165) is 43.7 Å². The highest BCUT2D eigenvalue weighted by atomic mass is 16.6. The van der Waals surface area contributed by atoms with Crippen LogP contribution in [0.1, 0.15) is 65.5 Å². The summed E-state index contributed by atoms with van der Waals surface area (Å²) >= 11 is 0. The molecule has 5 nitrogen and oxygen atoms in total. The fourth-order valence-electron chi connectivity index (χ4n) is 2.93. The molecule has 0 bridgehead atoms. The molecule has 1 saturated heterocycles. The summed E-state index contributed by atoms with van der Waals surface area (Å²) in [6.07, 6.45) is 4.65. The number of carbonyl (C=O) groups excluding carboxylic acids is 1. The number of aromatic nitrogens is 1. The minimum absolute atomic E-state index is 0.0250. The molecule has 0 saturated carbocycles. The second kappa shape index (κ2) is 7.86. The van der Waals surface area contributed by atoms with Gasteiger partial charge in [-0.05, 0) is 52.0 Å². The molecule has 2 heterocycles. The second-order valence-electron chi connectivity index (χ2n) is 7.90. The zero-order chi connectivity index (χ0) is 17.7. The van der Waals surface area contributed by atoms with Crippen molar-refractivity contribution in [2.24, 2.45) is 5.92 Å². The Labute approximate surface area is 145 Å². The van der Waals surface area contributed by atoms with Crippen LogP contribution in [0.3, 0.4) is 0 Å². The summed E-state index contributed by atoms with van der Waals surface area (Å²) in [5.41, 5.74) is 0.607. The molecule has 1 aromatic rings. The minimum Gasteiger partial charge on any atom is -0.444 e. The average Bonchev–Trinajstić information content (AvgIpc) is 2.51. The van der Waals surface area contributed by atoms with Crippen molar-refractivity contribution in [1.29, 1.82) is 0 Å². The summed E-state index contributed by atoms with van der Waals surface area (Å²) < 4.78 is 5.61. The van der Waals surface area contributed by atoms with E-state index < -0.39 is 5.60 Å². The van der Waals surface area contributed by atoms with E-state index in [9.17, 15) is 4.79 Å². The maximum atomic E-state index is 12.6. The molecule has 2 rings (SSSR count). The van der Waals surface area contributed by atoms with E-state index in [-0.39, 0.29) is 12.1 Å². The zero-order valence-corrected chi connectivity index (χ0v) is 15.6. The Morgan fingerprint density at radius 2 is 2.17 bits per heavy atom. The molecule has 1 amide bonds. The predicted molar refractivity (Wildman–Crippen MR) is 97.1 cm³/mol. The lowest BCUT2D eigenvalue weighted by atomic mass is 9.96. The van der Waals surface area contributed by atoms with Crippen LogP contribution in [0.2, 0.25) is 0 Å². The number of ether oxygens (including phenoxy) is 1. The van der Waals surface area contributed by atoms with Crippen molar-refractivity contribution < 1.29 is 9.53 Å². The molecule has 24 heavy (non-hydrogen) atoms. The Morgan fingerprint density at radius 3 is 2.83 bits per heavy atom. The fraction of sp³-hybridized carbons (Fsp3) is 0.684. The van der Waals surface area contributed by atoms with E-state index in [2.05, 4.69) is 30.2 Å². The molecule has 1 aliphatic heterocycles. The lowest BCUT2D eigenvalue weighted by Gasteiger charge is -2.37. The zero-order valence-electron chi connectivity index (χ0n) is 15.6. The van der Waals surface area contributed by atoms with Crippen molar-refractivity contribution in [3.63, 3.8) is 0 Å². The van der Waals surface area contributed by atoms with Crippen LogP contribution >= 0.6 is 0 Å². The van der Waals surface area contributed by atoms with Crippen molar-refractivity contribution in [2.45, 2.75) is 65.5 Å². The third-order valence-electron chi connectivity index (χ3n) is 4.01. The van der Waals surface area contributed by atoms with Gasteiger partial charge in [-0.1, -0.05) is 19.9 Å². The number of carbonyl (C=O) groups is 1. The average molecular weight is 333 g/mol. The van der Waals surface area contributed by atoms with E-state index in [0.29, 0.717) is 5.92 Å². The molecule has 1 atom stereocenters. The van der Waals surface area contributed by atoms with Gasteiger partial charge in [-0.3, -0.25) is 0 Å². The molecular formula is C19H31N3O2. The summed E-state index contributed by atoms with van der Waals surface area (Å²) in [7, 11) is 0. The Hall–Kier alpha value is -1.78. The number of pyridine rings is 1. The first-order valence-electron chi connectivity index (χ1n) is 8.96. The van der Waals surface area contributed by atoms with Crippen molar-refractivity contribution in [2.75, 3.05) is 18.4 Å². The minimum atomic E-state index is -0.479. The summed E-state index contributed by atoms with van der Waals surface area (Å²) in [5.74, 6) is 1.42. The van der Waals surface area contributed by atoms with Crippen molar-refractivity contribution >= 4 is 11.9 Å². The van der Waals surface area contributed by atoms with Crippen LogP contribution in [0.25, 0.3) is 0 Å². The van der Waals surface area contributed by atoms with Gasteiger partial charge in [0.15, 0.2) is 0 Å². The standard InChI is InChI=1S/C19H31N3O2/c1-14(2)13-21-17-15(9-8-11-20-17)16-10-6-7-12-22(16)18(23)24-19(3,4)5/h8-9,11,14,16H,6-7,10,12-13H2,1-5H3,(H,20,21). The lowest BCUT2D eigenvalue weighted by molar-refractivity contribution is 0.00957. The normalized spacial score (nSPS) is 18.6. The first kappa shape index (κ1) is 18.6. The molecule has 0 aliphatic carbocycles.